The van der Waals surface area contributed by atoms with E-state index in [1.807, 2.05) is 60.7 Å². The van der Waals surface area contributed by atoms with Gasteiger partial charge in [0.1, 0.15) is 9.34 Å². The summed E-state index contributed by atoms with van der Waals surface area (Å²) in [5.74, 6) is 0.837. The molecule has 8 heteroatoms. The lowest BCUT2D eigenvalue weighted by molar-refractivity contribution is -0.129. The molecule has 0 aliphatic carbocycles. The van der Waals surface area contributed by atoms with Crippen LogP contribution >= 0.6 is 35.6 Å². The van der Waals surface area contributed by atoms with Crippen LogP contribution < -0.4 is 4.74 Å². The second-order valence-electron chi connectivity index (χ2n) is 6.03. The van der Waals surface area contributed by atoms with E-state index >= 15 is 0 Å². The molecule has 1 aliphatic rings. The molecule has 1 aromatic heterocycles. The van der Waals surface area contributed by atoms with E-state index in [-0.39, 0.29) is 18.4 Å². The second-order valence-corrected chi connectivity index (χ2v) is 8.14. The van der Waals surface area contributed by atoms with Crippen LogP contribution in [0.4, 0.5) is 0 Å². The number of carbonyl (C=O) groups excluding carboxylic acids is 1. The van der Waals surface area contributed by atoms with Gasteiger partial charge in [-0.2, -0.15) is 0 Å². The Balaban J connectivity index is 1.66. The van der Waals surface area contributed by atoms with Gasteiger partial charge in [-0.15, -0.1) is 5.10 Å². The molecule has 0 unspecified atom stereocenters. The molecule has 4 rings (SSSR count). The number of carbonyl (C=O) groups is 1. The summed E-state index contributed by atoms with van der Waals surface area (Å²) in [6.07, 6.45) is 0. The summed E-state index contributed by atoms with van der Waals surface area (Å²) in [6.45, 7) is 0.438. The number of hydrogen-bond acceptors (Lipinski definition) is 5. The lowest BCUT2D eigenvalue weighted by atomic mass is 10.1. The van der Waals surface area contributed by atoms with Crippen LogP contribution in [0.15, 0.2) is 60.7 Å². The van der Waals surface area contributed by atoms with E-state index in [9.17, 15) is 4.79 Å². The van der Waals surface area contributed by atoms with Crippen LogP contribution in [0.2, 0.25) is 5.02 Å². The lowest BCUT2D eigenvalue weighted by Crippen LogP contribution is -2.34. The zero-order valence-electron chi connectivity index (χ0n) is 14.7. The quantitative estimate of drug-likeness (QED) is 0.561. The molecular formula is C20H16ClN3O2S2. The minimum Gasteiger partial charge on any atom is -0.465 e. The molecule has 0 atom stereocenters. The third kappa shape index (κ3) is 3.78. The normalized spacial score (nSPS) is 13.8. The van der Waals surface area contributed by atoms with Gasteiger partial charge in [-0.3, -0.25) is 9.69 Å². The number of nitrogens with zero attached hydrogens (tertiary/aromatic N) is 3. The summed E-state index contributed by atoms with van der Waals surface area (Å²) in [7, 11) is 0. The van der Waals surface area contributed by atoms with Gasteiger partial charge in [0, 0.05) is 17.9 Å². The zero-order valence-corrected chi connectivity index (χ0v) is 17.1. The number of aromatic nitrogens is 2. The van der Waals surface area contributed by atoms with Gasteiger partial charge in [-0.1, -0.05) is 84.1 Å². The topological polar surface area (TPSA) is 47.4 Å². The van der Waals surface area contributed by atoms with Crippen molar-refractivity contribution in [1.82, 2.24) is 14.7 Å². The molecule has 1 fully saturated rings. The van der Waals surface area contributed by atoms with Crippen molar-refractivity contribution in [3.63, 3.8) is 0 Å². The van der Waals surface area contributed by atoms with Crippen LogP contribution in [0.1, 0.15) is 0 Å². The summed E-state index contributed by atoms with van der Waals surface area (Å²) in [4.78, 5) is 14.0. The Morgan fingerprint density at radius 2 is 1.82 bits per heavy atom. The van der Waals surface area contributed by atoms with Crippen molar-refractivity contribution < 1.29 is 9.53 Å². The average molecular weight is 430 g/mol. The lowest BCUT2D eigenvalue weighted by Gasteiger charge is -2.14. The Morgan fingerprint density at radius 1 is 1.14 bits per heavy atom. The zero-order chi connectivity index (χ0) is 19.5. The highest BCUT2D eigenvalue weighted by atomic mass is 35.5. The second kappa shape index (κ2) is 8.34. The first-order valence-corrected chi connectivity index (χ1v) is 10.4. The maximum absolute atomic E-state index is 12.4. The van der Waals surface area contributed by atoms with E-state index < -0.39 is 0 Å². The largest absolute Gasteiger partial charge is 0.465 e. The van der Waals surface area contributed by atoms with E-state index in [2.05, 4.69) is 5.10 Å². The predicted molar refractivity (Wildman–Crippen MR) is 116 cm³/mol. The molecular weight excluding hydrogens is 414 g/mol. The van der Waals surface area contributed by atoms with E-state index in [1.54, 1.807) is 9.58 Å². The molecule has 0 bridgehead atoms. The standard InChI is InChI=1S/C20H16ClN3O2S2/c21-17-18(14-7-3-1-4-8-14)24(15-9-5-2-6-10-15)22-19(17)26-13-16(25)23-11-12-28-20(23)27/h1-10H,11-13H2. The van der Waals surface area contributed by atoms with Crippen molar-refractivity contribution in [3.8, 4) is 22.8 Å². The van der Waals surface area contributed by atoms with E-state index in [1.165, 1.54) is 11.8 Å². The van der Waals surface area contributed by atoms with Gasteiger partial charge in [0.05, 0.1) is 11.4 Å². The molecule has 1 saturated heterocycles. The summed E-state index contributed by atoms with van der Waals surface area (Å²) >= 11 is 13.3. The third-order valence-corrected chi connectivity index (χ3v) is 6.01. The minimum atomic E-state index is -0.193. The van der Waals surface area contributed by atoms with Crippen molar-refractivity contribution in [2.24, 2.45) is 0 Å². The molecule has 1 amide bonds. The highest BCUT2D eigenvalue weighted by molar-refractivity contribution is 8.23. The number of amides is 1. The molecule has 3 aromatic rings. The SMILES string of the molecule is O=C(COc1nn(-c2ccccc2)c(-c2ccccc2)c1Cl)N1CCSC1=S. The molecule has 0 spiro atoms. The van der Waals surface area contributed by atoms with Gasteiger partial charge in [-0.25, -0.2) is 4.68 Å². The number of hydrogen-bond donors (Lipinski definition) is 0. The smallest absolute Gasteiger partial charge is 0.266 e. The van der Waals surface area contributed by atoms with Gasteiger partial charge in [0.15, 0.2) is 6.61 Å². The molecule has 28 heavy (non-hydrogen) atoms. The monoisotopic (exact) mass is 429 g/mol. The van der Waals surface area contributed by atoms with Crippen molar-refractivity contribution in [1.29, 1.82) is 0 Å². The third-order valence-electron chi connectivity index (χ3n) is 4.24. The summed E-state index contributed by atoms with van der Waals surface area (Å²) < 4.78 is 8.01. The van der Waals surface area contributed by atoms with E-state index in [4.69, 9.17) is 28.6 Å². The number of thiocarbonyl (C=S) groups is 1. The Hall–Kier alpha value is -2.35. The Labute approximate surface area is 177 Å². The van der Waals surface area contributed by atoms with Gasteiger partial charge < -0.3 is 4.74 Å². The Kier molecular flexibility index (Phi) is 5.66. The fraction of sp³-hybridized carbons (Fsp3) is 0.150. The molecule has 142 valence electrons. The summed E-state index contributed by atoms with van der Waals surface area (Å²) in [5, 5.41) is 4.89. The van der Waals surface area contributed by atoms with Gasteiger partial charge in [0.2, 0.25) is 0 Å². The Morgan fingerprint density at radius 3 is 2.46 bits per heavy atom. The predicted octanol–water partition coefficient (Wildman–Crippen LogP) is 4.43. The number of ether oxygens (including phenoxy) is 1. The fourth-order valence-electron chi connectivity index (χ4n) is 2.90. The highest BCUT2D eigenvalue weighted by Gasteiger charge is 2.26. The summed E-state index contributed by atoms with van der Waals surface area (Å²) in [5.41, 5.74) is 2.46. The van der Waals surface area contributed by atoms with Crippen LogP contribution in [0.25, 0.3) is 16.9 Å². The van der Waals surface area contributed by atoms with Crippen LogP contribution in [0.5, 0.6) is 5.88 Å². The fourth-order valence-corrected chi connectivity index (χ4v) is 4.42. The molecule has 2 aromatic carbocycles. The van der Waals surface area contributed by atoms with Crippen molar-refractivity contribution >= 4 is 45.8 Å². The maximum atomic E-state index is 12.4. The molecule has 0 N–H and O–H groups in total. The first kappa shape index (κ1) is 19.0. The highest BCUT2D eigenvalue weighted by Crippen LogP contribution is 2.37. The first-order valence-electron chi connectivity index (χ1n) is 8.64. The number of rotatable bonds is 5. The van der Waals surface area contributed by atoms with Crippen LogP contribution in [-0.4, -0.2) is 43.8 Å². The van der Waals surface area contributed by atoms with Gasteiger partial charge >= 0.3 is 0 Å². The van der Waals surface area contributed by atoms with Crippen LogP contribution in [0, 0.1) is 0 Å². The summed E-state index contributed by atoms with van der Waals surface area (Å²) in [6, 6.07) is 19.4. The van der Waals surface area contributed by atoms with Gasteiger partial charge in [0.25, 0.3) is 11.8 Å². The average Bonchev–Trinajstić information content (AvgIpc) is 3.30. The van der Waals surface area contributed by atoms with Crippen molar-refractivity contribution in [3.05, 3.63) is 65.7 Å². The number of benzene rings is 2. The number of thioether (sulfide) groups is 1. The maximum Gasteiger partial charge on any atom is 0.266 e. The molecule has 0 radical (unpaired) electrons. The molecule has 0 saturated carbocycles. The first-order chi connectivity index (χ1) is 13.6. The van der Waals surface area contributed by atoms with Crippen molar-refractivity contribution in [2.75, 3.05) is 18.9 Å². The number of para-hydroxylation sites is 1. The van der Waals surface area contributed by atoms with Gasteiger partial charge in [-0.05, 0) is 12.1 Å². The Bertz CT molecular complexity index is 1010. The van der Waals surface area contributed by atoms with E-state index in [0.717, 1.165) is 17.0 Å². The minimum absolute atomic E-state index is 0.166. The number of halogens is 1. The van der Waals surface area contributed by atoms with Crippen LogP contribution in [0.3, 0.4) is 0 Å². The van der Waals surface area contributed by atoms with Crippen molar-refractivity contribution in [2.45, 2.75) is 0 Å². The molecule has 2 heterocycles. The molecule has 5 nitrogen and oxygen atoms in total. The van der Waals surface area contributed by atoms with Crippen LogP contribution in [-0.2, 0) is 4.79 Å². The molecule has 1 aliphatic heterocycles. The van der Waals surface area contributed by atoms with E-state index in [0.29, 0.717) is 21.6 Å².